The average molecular weight is 358 g/mol. The fourth-order valence-electron chi connectivity index (χ4n) is 1.75. The highest BCUT2D eigenvalue weighted by Gasteiger charge is 2.20. The molecule has 0 fully saturated rings. The third-order valence-corrected chi connectivity index (χ3v) is 3.64. The molecule has 0 aliphatic heterocycles. The summed E-state index contributed by atoms with van der Waals surface area (Å²) >= 11 is 9.22. The first-order chi connectivity index (χ1) is 9.47. The van der Waals surface area contributed by atoms with Crippen LogP contribution in [0.15, 0.2) is 46.9 Å². The molecule has 104 valence electrons. The second-order valence-corrected chi connectivity index (χ2v) is 5.44. The summed E-state index contributed by atoms with van der Waals surface area (Å²) in [7, 11) is 0. The van der Waals surface area contributed by atoms with Crippen LogP contribution in [-0.4, -0.2) is 5.91 Å². The molecule has 2 rings (SSSR count). The average Bonchev–Trinajstić information content (AvgIpc) is 2.39. The molecule has 0 aliphatic rings. The van der Waals surface area contributed by atoms with Crippen molar-refractivity contribution in [2.24, 2.45) is 5.73 Å². The summed E-state index contributed by atoms with van der Waals surface area (Å²) < 4.78 is 13.5. The fraction of sp³-hybridized carbons (Fsp3) is 0.0714. The lowest BCUT2D eigenvalue weighted by Crippen LogP contribution is -2.28. The van der Waals surface area contributed by atoms with E-state index in [-0.39, 0.29) is 5.82 Å². The number of halogens is 3. The van der Waals surface area contributed by atoms with Gasteiger partial charge in [-0.15, -0.1) is 0 Å². The molecule has 0 radical (unpaired) electrons. The van der Waals surface area contributed by atoms with Gasteiger partial charge in [0.15, 0.2) is 0 Å². The number of hydrogen-bond acceptors (Lipinski definition) is 2. The number of carbonyl (C=O) groups excluding carboxylic acids is 1. The van der Waals surface area contributed by atoms with Gasteiger partial charge in [0.2, 0.25) is 5.91 Å². The van der Waals surface area contributed by atoms with E-state index >= 15 is 0 Å². The molecule has 0 aromatic heterocycles. The predicted octanol–water partition coefficient (Wildman–Crippen LogP) is 3.88. The van der Waals surface area contributed by atoms with Gasteiger partial charge in [-0.3, -0.25) is 4.79 Å². The van der Waals surface area contributed by atoms with E-state index in [1.165, 1.54) is 24.3 Å². The van der Waals surface area contributed by atoms with Crippen LogP contribution in [0.25, 0.3) is 0 Å². The maximum atomic E-state index is 12.9. The molecule has 2 aromatic carbocycles. The van der Waals surface area contributed by atoms with Crippen molar-refractivity contribution >= 4 is 39.1 Å². The Morgan fingerprint density at radius 2 is 1.90 bits per heavy atom. The summed E-state index contributed by atoms with van der Waals surface area (Å²) in [5.74, 6) is -0.892. The van der Waals surface area contributed by atoms with Crippen LogP contribution >= 0.6 is 27.5 Å². The largest absolute Gasteiger partial charge is 0.370 e. The van der Waals surface area contributed by atoms with E-state index in [0.29, 0.717) is 20.7 Å². The van der Waals surface area contributed by atoms with Crippen molar-refractivity contribution in [1.29, 1.82) is 0 Å². The third kappa shape index (κ3) is 3.49. The second-order valence-electron chi connectivity index (χ2n) is 4.15. The topological polar surface area (TPSA) is 55.1 Å². The summed E-state index contributed by atoms with van der Waals surface area (Å²) in [4.78, 5) is 11.6. The third-order valence-electron chi connectivity index (χ3n) is 2.71. The van der Waals surface area contributed by atoms with Gasteiger partial charge in [-0.05, 0) is 42.0 Å². The molecule has 2 aromatic rings. The molecule has 1 atom stereocenters. The van der Waals surface area contributed by atoms with E-state index in [4.69, 9.17) is 17.3 Å². The van der Waals surface area contributed by atoms with Crippen LogP contribution < -0.4 is 11.1 Å². The first kappa shape index (κ1) is 14.8. The van der Waals surface area contributed by atoms with Crippen LogP contribution in [0.2, 0.25) is 5.02 Å². The molecular formula is C14H11BrClFN2O. The molecule has 0 saturated carbocycles. The number of anilines is 1. The SMILES string of the molecule is NC(=O)C(Nc1ccc(F)cc1)c1ccc(Cl)cc1Br. The van der Waals surface area contributed by atoms with Crippen LogP contribution in [0.3, 0.4) is 0 Å². The normalized spacial score (nSPS) is 11.9. The summed E-state index contributed by atoms with van der Waals surface area (Å²) in [6.45, 7) is 0. The molecule has 3 N–H and O–H groups in total. The number of hydrogen-bond donors (Lipinski definition) is 2. The molecule has 0 aliphatic carbocycles. The zero-order valence-electron chi connectivity index (χ0n) is 10.2. The Bertz CT molecular complexity index is 634. The molecule has 6 heteroatoms. The Hall–Kier alpha value is -1.59. The smallest absolute Gasteiger partial charge is 0.244 e. The number of nitrogens with one attached hydrogen (secondary N) is 1. The molecular weight excluding hydrogens is 347 g/mol. The monoisotopic (exact) mass is 356 g/mol. The summed E-state index contributed by atoms with van der Waals surface area (Å²) in [6.07, 6.45) is 0. The number of nitrogens with two attached hydrogens (primary N) is 1. The van der Waals surface area contributed by atoms with Gasteiger partial charge < -0.3 is 11.1 Å². The van der Waals surface area contributed by atoms with Crippen molar-refractivity contribution in [2.45, 2.75) is 6.04 Å². The van der Waals surface area contributed by atoms with Crippen molar-refractivity contribution in [2.75, 3.05) is 5.32 Å². The molecule has 0 spiro atoms. The maximum Gasteiger partial charge on any atom is 0.244 e. The minimum atomic E-state index is -0.743. The van der Waals surface area contributed by atoms with Crippen molar-refractivity contribution in [1.82, 2.24) is 0 Å². The maximum absolute atomic E-state index is 12.9. The van der Waals surface area contributed by atoms with E-state index < -0.39 is 11.9 Å². The van der Waals surface area contributed by atoms with Gasteiger partial charge in [0.05, 0.1) is 0 Å². The number of rotatable bonds is 4. The van der Waals surface area contributed by atoms with Gasteiger partial charge in [0.1, 0.15) is 11.9 Å². The van der Waals surface area contributed by atoms with Crippen LogP contribution in [-0.2, 0) is 4.79 Å². The van der Waals surface area contributed by atoms with E-state index in [1.54, 1.807) is 18.2 Å². The van der Waals surface area contributed by atoms with Crippen molar-refractivity contribution in [3.05, 3.63) is 63.3 Å². The Morgan fingerprint density at radius 3 is 2.45 bits per heavy atom. The lowest BCUT2D eigenvalue weighted by Gasteiger charge is -2.18. The van der Waals surface area contributed by atoms with Crippen LogP contribution in [0.4, 0.5) is 10.1 Å². The van der Waals surface area contributed by atoms with Gasteiger partial charge in [-0.25, -0.2) is 4.39 Å². The molecule has 1 unspecified atom stereocenters. The molecule has 3 nitrogen and oxygen atoms in total. The van der Waals surface area contributed by atoms with Gasteiger partial charge >= 0.3 is 0 Å². The highest BCUT2D eigenvalue weighted by Crippen LogP contribution is 2.29. The molecule has 20 heavy (non-hydrogen) atoms. The van der Waals surface area contributed by atoms with Gasteiger partial charge in [0, 0.05) is 15.2 Å². The summed E-state index contributed by atoms with van der Waals surface area (Å²) in [6, 6.07) is 9.99. The minimum absolute atomic E-state index is 0.348. The van der Waals surface area contributed by atoms with E-state index in [1.807, 2.05) is 0 Å². The number of primary amides is 1. The lowest BCUT2D eigenvalue weighted by molar-refractivity contribution is -0.118. The number of carbonyl (C=O) groups is 1. The Morgan fingerprint density at radius 1 is 1.25 bits per heavy atom. The molecule has 0 saturated heterocycles. The Labute approximate surface area is 129 Å². The fourth-order valence-corrected chi connectivity index (χ4v) is 2.66. The minimum Gasteiger partial charge on any atom is -0.370 e. The lowest BCUT2D eigenvalue weighted by atomic mass is 10.1. The summed E-state index contributed by atoms with van der Waals surface area (Å²) in [5, 5.41) is 3.51. The van der Waals surface area contributed by atoms with Crippen LogP contribution in [0, 0.1) is 5.82 Å². The molecule has 1 amide bonds. The summed E-state index contributed by atoms with van der Waals surface area (Å²) in [5.41, 5.74) is 6.68. The van der Waals surface area contributed by atoms with Gasteiger partial charge in [-0.1, -0.05) is 33.6 Å². The highest BCUT2D eigenvalue weighted by molar-refractivity contribution is 9.10. The zero-order chi connectivity index (χ0) is 14.7. The van der Waals surface area contributed by atoms with Crippen LogP contribution in [0.1, 0.15) is 11.6 Å². The molecule has 0 heterocycles. The first-order valence-corrected chi connectivity index (χ1v) is 6.91. The van der Waals surface area contributed by atoms with E-state index in [0.717, 1.165) is 0 Å². The quantitative estimate of drug-likeness (QED) is 0.872. The van der Waals surface area contributed by atoms with Crippen molar-refractivity contribution < 1.29 is 9.18 Å². The van der Waals surface area contributed by atoms with E-state index in [9.17, 15) is 9.18 Å². The Kier molecular flexibility index (Phi) is 4.62. The van der Waals surface area contributed by atoms with Crippen molar-refractivity contribution in [3.8, 4) is 0 Å². The van der Waals surface area contributed by atoms with Gasteiger partial charge in [-0.2, -0.15) is 0 Å². The predicted molar refractivity (Wildman–Crippen MR) is 81.1 cm³/mol. The standard InChI is InChI=1S/C14H11BrClFN2O/c15-12-7-8(16)1-6-11(12)13(14(18)20)19-10-4-2-9(17)3-5-10/h1-7,13,19H,(H2,18,20). The van der Waals surface area contributed by atoms with Crippen molar-refractivity contribution in [3.63, 3.8) is 0 Å². The number of benzene rings is 2. The second kappa shape index (κ2) is 6.24. The molecule has 0 bridgehead atoms. The highest BCUT2D eigenvalue weighted by atomic mass is 79.9. The van der Waals surface area contributed by atoms with E-state index in [2.05, 4.69) is 21.2 Å². The number of amides is 1. The van der Waals surface area contributed by atoms with Gasteiger partial charge in [0.25, 0.3) is 0 Å². The zero-order valence-corrected chi connectivity index (χ0v) is 12.6. The van der Waals surface area contributed by atoms with Crippen LogP contribution in [0.5, 0.6) is 0 Å². The first-order valence-electron chi connectivity index (χ1n) is 5.74. The Balaban J connectivity index is 2.31.